The lowest BCUT2D eigenvalue weighted by Gasteiger charge is -2.38. The quantitative estimate of drug-likeness (QED) is 0.198. The van der Waals surface area contributed by atoms with Crippen molar-refractivity contribution in [1.29, 1.82) is 5.41 Å². The fraction of sp³-hybridized carbons (Fsp3) is 0.280. The lowest BCUT2D eigenvalue weighted by Crippen LogP contribution is -2.54. The Kier molecular flexibility index (Phi) is 7.11. The topological polar surface area (TPSA) is 155 Å². The normalized spacial score (nSPS) is 17.6. The average Bonchev–Trinajstić information content (AvgIpc) is 2.87. The number of rotatable bonds is 7. The van der Waals surface area contributed by atoms with Gasteiger partial charge in [-0.3, -0.25) is 10.2 Å². The summed E-state index contributed by atoms with van der Waals surface area (Å²) in [5.41, 5.74) is 15.0. The van der Waals surface area contributed by atoms with Gasteiger partial charge in [-0.1, -0.05) is 36.4 Å². The largest absolute Gasteiger partial charge is 0.398 e. The molecule has 1 amide bonds. The summed E-state index contributed by atoms with van der Waals surface area (Å²) in [6.45, 7) is 3.21. The molecule has 1 aliphatic heterocycles. The first-order valence-electron chi connectivity index (χ1n) is 11.4. The van der Waals surface area contributed by atoms with Crippen molar-refractivity contribution in [3.8, 4) is 11.3 Å². The van der Waals surface area contributed by atoms with Gasteiger partial charge in [0, 0.05) is 36.5 Å². The van der Waals surface area contributed by atoms with Gasteiger partial charge in [-0.05, 0) is 24.6 Å². The van der Waals surface area contributed by atoms with E-state index in [0.717, 1.165) is 11.1 Å². The van der Waals surface area contributed by atoms with E-state index in [1.165, 1.54) is 0 Å². The second kappa shape index (κ2) is 10.4. The summed E-state index contributed by atoms with van der Waals surface area (Å²) in [4.78, 5) is 24.1. The fourth-order valence-electron chi connectivity index (χ4n) is 3.94. The number of nitrogens with two attached hydrogens (primary N) is 2. The van der Waals surface area contributed by atoms with E-state index in [1.54, 1.807) is 19.2 Å². The Hall–Kier alpha value is -4.18. The summed E-state index contributed by atoms with van der Waals surface area (Å²) in [6.07, 6.45) is -0.628. The Morgan fingerprint density at radius 3 is 2.66 bits per heavy atom. The maximum atomic E-state index is 12.8. The van der Waals surface area contributed by atoms with E-state index in [1.807, 2.05) is 49.4 Å². The monoisotopic (exact) mass is 474 g/mol. The Bertz CT molecular complexity index is 1220. The number of amidine groups is 1. The number of nitrogen functional groups attached to an aromatic ring is 2. The van der Waals surface area contributed by atoms with Gasteiger partial charge in [-0.2, -0.15) is 4.98 Å². The van der Waals surface area contributed by atoms with E-state index in [2.05, 4.69) is 25.5 Å². The van der Waals surface area contributed by atoms with Gasteiger partial charge in [0.05, 0.1) is 24.9 Å². The van der Waals surface area contributed by atoms with E-state index in [4.69, 9.17) is 21.6 Å². The first-order chi connectivity index (χ1) is 16.9. The number of benzene rings is 2. The van der Waals surface area contributed by atoms with Gasteiger partial charge in [0.15, 0.2) is 6.10 Å². The summed E-state index contributed by atoms with van der Waals surface area (Å²) in [5.74, 6) is 0.856. The maximum Gasteiger partial charge on any atom is 0.251 e. The van der Waals surface area contributed by atoms with E-state index in [9.17, 15) is 4.79 Å². The minimum absolute atomic E-state index is 0.00536. The molecule has 1 fully saturated rings. The number of morpholine rings is 1. The van der Waals surface area contributed by atoms with Crippen LogP contribution in [0.4, 0.5) is 17.5 Å². The van der Waals surface area contributed by atoms with Crippen LogP contribution < -0.4 is 27.0 Å². The van der Waals surface area contributed by atoms with E-state index < -0.39 is 6.10 Å². The zero-order valence-electron chi connectivity index (χ0n) is 19.8. The van der Waals surface area contributed by atoms with Crippen LogP contribution in [-0.4, -0.2) is 54.1 Å². The Labute approximate surface area is 204 Å². The highest BCUT2D eigenvalue weighted by Crippen LogP contribution is 2.28. The molecule has 2 unspecified atom stereocenters. The van der Waals surface area contributed by atoms with Crippen molar-refractivity contribution in [2.45, 2.75) is 25.6 Å². The number of carbonyl (C=O) groups excluding carboxylic acids is 1. The number of ether oxygens (including phenoxy) is 1. The number of nitrogens with zero attached hydrogens (tertiary/aromatic N) is 3. The van der Waals surface area contributed by atoms with E-state index >= 15 is 0 Å². The standard InChI is InChI=1S/C25H30N8O2/c1-15-14-35-21(24(34)30-12-16-6-4-3-5-7-16)13-33(15)22-11-20(31-25(29-2)32-22)17-8-9-18(23(27)28)19(26)10-17/h3-11,15,21H,12-14,26H2,1-2H3,(H3,27,28)(H,30,34)(H,29,31,32). The molecule has 7 N–H and O–H groups in total. The van der Waals surface area contributed by atoms with Gasteiger partial charge < -0.3 is 31.7 Å². The third-order valence-corrected chi connectivity index (χ3v) is 5.90. The summed E-state index contributed by atoms with van der Waals surface area (Å²) in [5, 5.41) is 13.6. The van der Waals surface area contributed by atoms with Crippen molar-refractivity contribution in [2.24, 2.45) is 5.73 Å². The lowest BCUT2D eigenvalue weighted by molar-refractivity contribution is -0.134. The molecular weight excluding hydrogens is 444 g/mol. The minimum Gasteiger partial charge on any atom is -0.398 e. The number of aromatic nitrogens is 2. The Morgan fingerprint density at radius 1 is 1.20 bits per heavy atom. The first kappa shape index (κ1) is 24.0. The first-order valence-corrected chi connectivity index (χ1v) is 11.4. The van der Waals surface area contributed by atoms with Crippen molar-refractivity contribution in [2.75, 3.05) is 36.1 Å². The zero-order valence-corrected chi connectivity index (χ0v) is 19.8. The lowest BCUT2D eigenvalue weighted by atomic mass is 10.1. The number of hydrogen-bond acceptors (Lipinski definition) is 8. The van der Waals surface area contributed by atoms with E-state index in [-0.39, 0.29) is 17.8 Å². The number of amides is 1. The van der Waals surface area contributed by atoms with Crippen LogP contribution in [0.25, 0.3) is 11.3 Å². The SMILES string of the molecule is CNc1nc(-c2ccc(C(=N)N)c(N)c2)cc(N2CC(C(=O)NCc3ccccc3)OCC2C)n1. The highest BCUT2D eigenvalue weighted by Gasteiger charge is 2.32. The minimum atomic E-state index is -0.628. The second-order valence-corrected chi connectivity index (χ2v) is 8.43. The highest BCUT2D eigenvalue weighted by atomic mass is 16.5. The van der Waals surface area contributed by atoms with Gasteiger partial charge in [0.1, 0.15) is 11.7 Å². The molecule has 2 atom stereocenters. The smallest absolute Gasteiger partial charge is 0.251 e. The Morgan fingerprint density at radius 2 is 1.97 bits per heavy atom. The number of hydrogen-bond donors (Lipinski definition) is 5. The molecule has 3 aromatic rings. The number of anilines is 3. The molecule has 0 bridgehead atoms. The molecule has 2 heterocycles. The highest BCUT2D eigenvalue weighted by molar-refractivity contribution is 6.00. The van der Waals surface area contributed by atoms with Crippen molar-refractivity contribution in [3.05, 3.63) is 65.7 Å². The molecule has 2 aromatic carbocycles. The fourth-order valence-corrected chi connectivity index (χ4v) is 3.94. The Balaban J connectivity index is 1.56. The van der Waals surface area contributed by atoms with Gasteiger partial charge in [-0.25, -0.2) is 4.98 Å². The molecule has 0 aliphatic carbocycles. The van der Waals surface area contributed by atoms with Crippen LogP contribution in [0, 0.1) is 5.41 Å². The molecule has 1 aliphatic rings. The van der Waals surface area contributed by atoms with Gasteiger partial charge in [0.2, 0.25) is 5.95 Å². The van der Waals surface area contributed by atoms with E-state index in [0.29, 0.717) is 48.4 Å². The zero-order chi connectivity index (χ0) is 24.9. The molecule has 1 aromatic heterocycles. The summed E-state index contributed by atoms with van der Waals surface area (Å²) < 4.78 is 5.85. The summed E-state index contributed by atoms with van der Waals surface area (Å²) in [6, 6.07) is 16.9. The second-order valence-electron chi connectivity index (χ2n) is 8.43. The molecule has 10 heteroatoms. The number of nitrogens with one attached hydrogen (secondary N) is 3. The molecule has 0 saturated carbocycles. The molecule has 0 spiro atoms. The van der Waals surface area contributed by atoms with Crippen LogP contribution in [0.1, 0.15) is 18.1 Å². The van der Waals surface area contributed by atoms with Gasteiger partial charge >= 0.3 is 0 Å². The van der Waals surface area contributed by atoms with Crippen molar-refractivity contribution >= 4 is 29.2 Å². The number of carbonyl (C=O) groups is 1. The summed E-state index contributed by atoms with van der Waals surface area (Å²) >= 11 is 0. The third kappa shape index (κ3) is 5.49. The predicted molar refractivity (Wildman–Crippen MR) is 137 cm³/mol. The van der Waals surface area contributed by atoms with Crippen LogP contribution in [-0.2, 0) is 16.1 Å². The molecule has 0 radical (unpaired) electrons. The van der Waals surface area contributed by atoms with Crippen LogP contribution in [0.2, 0.25) is 0 Å². The summed E-state index contributed by atoms with van der Waals surface area (Å²) in [7, 11) is 1.75. The average molecular weight is 475 g/mol. The maximum absolute atomic E-state index is 12.8. The molecule has 4 rings (SSSR count). The third-order valence-electron chi connectivity index (χ3n) is 5.90. The van der Waals surface area contributed by atoms with Crippen LogP contribution in [0.3, 0.4) is 0 Å². The van der Waals surface area contributed by atoms with Crippen LogP contribution in [0.15, 0.2) is 54.6 Å². The van der Waals surface area contributed by atoms with Crippen molar-refractivity contribution < 1.29 is 9.53 Å². The van der Waals surface area contributed by atoms with Crippen LogP contribution >= 0.6 is 0 Å². The molecule has 10 nitrogen and oxygen atoms in total. The van der Waals surface area contributed by atoms with Crippen LogP contribution in [0.5, 0.6) is 0 Å². The molecular formula is C25H30N8O2. The molecule has 1 saturated heterocycles. The van der Waals surface area contributed by atoms with Crippen molar-refractivity contribution in [3.63, 3.8) is 0 Å². The van der Waals surface area contributed by atoms with Crippen molar-refractivity contribution in [1.82, 2.24) is 15.3 Å². The molecule has 35 heavy (non-hydrogen) atoms. The van der Waals surface area contributed by atoms with Gasteiger partial charge in [-0.15, -0.1) is 0 Å². The van der Waals surface area contributed by atoms with Gasteiger partial charge in [0.25, 0.3) is 5.91 Å². The predicted octanol–water partition coefficient (Wildman–Crippen LogP) is 1.96. The molecule has 182 valence electrons.